The van der Waals surface area contributed by atoms with Crippen LogP contribution in [-0.4, -0.2) is 15.2 Å². The summed E-state index contributed by atoms with van der Waals surface area (Å²) in [6.45, 7) is 4.65. The van der Waals surface area contributed by atoms with Crippen LogP contribution < -0.4 is 5.56 Å². The van der Waals surface area contributed by atoms with Gasteiger partial charge < -0.3 is 4.57 Å². The fourth-order valence-corrected chi connectivity index (χ4v) is 3.63. The fourth-order valence-electron chi connectivity index (χ4n) is 2.75. The second kappa shape index (κ2) is 7.98. The van der Waals surface area contributed by atoms with Gasteiger partial charge in [-0.15, -0.1) is 0 Å². The van der Waals surface area contributed by atoms with Crippen molar-refractivity contribution in [2.75, 3.05) is 5.75 Å². The molecule has 118 valence electrons. The van der Waals surface area contributed by atoms with Crippen LogP contribution in [0.3, 0.4) is 0 Å². The Labute approximate surface area is 138 Å². The van der Waals surface area contributed by atoms with Crippen LogP contribution in [0.4, 0.5) is 5.69 Å². The Morgan fingerprint density at radius 3 is 2.38 bits per heavy atom. The van der Waals surface area contributed by atoms with Crippen LogP contribution in [0, 0.1) is 15.5 Å². The molecule has 0 saturated carbocycles. The van der Waals surface area contributed by atoms with Gasteiger partial charge in [-0.25, -0.2) is 0 Å². The molecule has 7 heteroatoms. The molecule has 5 nitrogen and oxygen atoms in total. The Balaban J connectivity index is 3.26. The molecule has 0 N–H and O–H groups in total. The number of thiol groups is 1. The highest BCUT2D eigenvalue weighted by Gasteiger charge is 2.29. The van der Waals surface area contributed by atoms with Crippen molar-refractivity contribution in [3.63, 3.8) is 0 Å². The lowest BCUT2D eigenvalue weighted by Gasteiger charge is -2.32. The number of nitro groups is 1. The summed E-state index contributed by atoms with van der Waals surface area (Å²) >= 11 is 7.70. The van der Waals surface area contributed by atoms with Crippen molar-refractivity contribution >= 4 is 34.2 Å². The smallest absolute Gasteiger partial charge is 0.308 e. The van der Waals surface area contributed by atoms with Gasteiger partial charge in [-0.1, -0.05) is 26.7 Å². The first-order valence-corrected chi connectivity index (χ1v) is 8.47. The Morgan fingerprint density at radius 1 is 1.38 bits per heavy atom. The van der Waals surface area contributed by atoms with Crippen LogP contribution in [0.2, 0.25) is 0 Å². The monoisotopic (exact) mass is 376 g/mol. The SMILES string of the molecule is CCCC(CS)(CCC)Cn1cc(Br)cc([N+](=O)[O-])c1=O. The van der Waals surface area contributed by atoms with Crippen molar-refractivity contribution in [2.24, 2.45) is 5.41 Å². The second-order valence-electron chi connectivity index (χ2n) is 5.39. The molecule has 1 rings (SSSR count). The Bertz CT molecular complexity index is 554. The lowest BCUT2D eigenvalue weighted by atomic mass is 9.81. The quantitative estimate of drug-likeness (QED) is 0.423. The molecule has 0 spiro atoms. The minimum Gasteiger partial charge on any atom is -0.308 e. The van der Waals surface area contributed by atoms with Crippen molar-refractivity contribution in [1.82, 2.24) is 4.57 Å². The molecule has 0 fully saturated rings. The Kier molecular flexibility index (Phi) is 6.93. The van der Waals surface area contributed by atoms with E-state index in [9.17, 15) is 14.9 Å². The highest BCUT2D eigenvalue weighted by molar-refractivity contribution is 9.10. The molecule has 1 heterocycles. The average molecular weight is 377 g/mol. The van der Waals surface area contributed by atoms with Gasteiger partial charge in [0.2, 0.25) is 0 Å². The minimum atomic E-state index is -0.633. The van der Waals surface area contributed by atoms with Gasteiger partial charge in [-0.05, 0) is 39.9 Å². The van der Waals surface area contributed by atoms with E-state index in [4.69, 9.17) is 0 Å². The summed E-state index contributed by atoms with van der Waals surface area (Å²) in [4.78, 5) is 22.6. The van der Waals surface area contributed by atoms with E-state index in [0.717, 1.165) is 25.7 Å². The van der Waals surface area contributed by atoms with Gasteiger partial charge >= 0.3 is 11.2 Å². The predicted molar refractivity (Wildman–Crippen MR) is 91.2 cm³/mol. The zero-order chi connectivity index (χ0) is 16.0. The predicted octanol–water partition coefficient (Wildman–Crippen LogP) is 4.04. The van der Waals surface area contributed by atoms with Crippen LogP contribution in [0.25, 0.3) is 0 Å². The summed E-state index contributed by atoms with van der Waals surface area (Å²) in [5, 5.41) is 11.0. The molecule has 0 saturated heterocycles. The molecule has 0 radical (unpaired) electrons. The van der Waals surface area contributed by atoms with Gasteiger partial charge in [0, 0.05) is 23.3 Å². The number of halogens is 1. The normalized spacial score (nSPS) is 11.6. The molecule has 21 heavy (non-hydrogen) atoms. The summed E-state index contributed by atoms with van der Waals surface area (Å²) in [5.74, 6) is 0.654. The first kappa shape index (κ1) is 18.2. The molecule has 0 aliphatic carbocycles. The summed E-state index contributed by atoms with van der Waals surface area (Å²) in [6, 6.07) is 1.25. The van der Waals surface area contributed by atoms with Crippen LogP contribution in [0.15, 0.2) is 21.5 Å². The third-order valence-electron chi connectivity index (χ3n) is 3.63. The zero-order valence-electron chi connectivity index (χ0n) is 12.3. The van der Waals surface area contributed by atoms with Gasteiger partial charge in [-0.3, -0.25) is 14.9 Å². The largest absolute Gasteiger partial charge is 0.335 e. The van der Waals surface area contributed by atoms with Gasteiger partial charge in [0.1, 0.15) is 0 Å². The maximum Gasteiger partial charge on any atom is 0.335 e. The first-order valence-electron chi connectivity index (χ1n) is 7.04. The molecule has 0 atom stereocenters. The average Bonchev–Trinajstić information content (AvgIpc) is 2.42. The van der Waals surface area contributed by atoms with E-state index in [1.807, 2.05) is 0 Å². The third-order valence-corrected chi connectivity index (χ3v) is 4.74. The van der Waals surface area contributed by atoms with E-state index >= 15 is 0 Å². The Hall–Kier alpha value is -0.820. The van der Waals surface area contributed by atoms with Gasteiger partial charge in [0.25, 0.3) is 0 Å². The molecule has 0 aromatic carbocycles. The molecule has 0 aliphatic rings. The van der Waals surface area contributed by atoms with Crippen LogP contribution >= 0.6 is 28.6 Å². The highest BCUT2D eigenvalue weighted by atomic mass is 79.9. The van der Waals surface area contributed by atoms with E-state index in [0.29, 0.717) is 16.8 Å². The maximum atomic E-state index is 12.2. The van der Waals surface area contributed by atoms with E-state index in [1.165, 1.54) is 10.6 Å². The molecule has 0 unspecified atom stereocenters. The molecule has 1 aromatic heterocycles. The Morgan fingerprint density at radius 2 is 1.95 bits per heavy atom. The standard InChI is InChI=1S/C14H21BrN2O3S/c1-3-5-14(10-21,6-4-2)9-16-8-11(15)7-12(13(16)18)17(19)20/h7-8,21H,3-6,9-10H2,1-2H3. The topological polar surface area (TPSA) is 65.1 Å². The highest BCUT2D eigenvalue weighted by Crippen LogP contribution is 2.33. The fraction of sp³-hybridized carbons (Fsp3) is 0.643. The number of hydrogen-bond acceptors (Lipinski definition) is 4. The molecule has 0 bridgehead atoms. The van der Waals surface area contributed by atoms with Crippen molar-refractivity contribution in [3.8, 4) is 0 Å². The van der Waals surface area contributed by atoms with Gasteiger partial charge in [0.05, 0.1) is 4.92 Å². The van der Waals surface area contributed by atoms with Crippen molar-refractivity contribution in [1.29, 1.82) is 0 Å². The van der Waals surface area contributed by atoms with E-state index < -0.39 is 16.2 Å². The summed E-state index contributed by atoms with van der Waals surface area (Å²) < 4.78 is 1.99. The number of nitrogens with zero attached hydrogens (tertiary/aromatic N) is 2. The van der Waals surface area contributed by atoms with E-state index in [-0.39, 0.29) is 5.41 Å². The van der Waals surface area contributed by atoms with E-state index in [2.05, 4.69) is 42.4 Å². The minimum absolute atomic E-state index is 0.106. The number of pyridine rings is 1. The zero-order valence-corrected chi connectivity index (χ0v) is 14.8. The molecule has 1 aromatic rings. The third kappa shape index (κ3) is 4.57. The maximum absolute atomic E-state index is 12.2. The molecule has 0 aliphatic heterocycles. The summed E-state index contributed by atoms with van der Waals surface area (Å²) in [7, 11) is 0. The van der Waals surface area contributed by atoms with Crippen LogP contribution in [0.5, 0.6) is 0 Å². The second-order valence-corrected chi connectivity index (χ2v) is 6.62. The van der Waals surface area contributed by atoms with Gasteiger partial charge in [-0.2, -0.15) is 12.6 Å². The van der Waals surface area contributed by atoms with Crippen molar-refractivity contribution < 1.29 is 4.92 Å². The number of rotatable bonds is 8. The molecular weight excluding hydrogens is 356 g/mol. The summed E-state index contributed by atoms with van der Waals surface area (Å²) in [5.41, 5.74) is -1.06. The van der Waals surface area contributed by atoms with Crippen molar-refractivity contribution in [2.45, 2.75) is 46.1 Å². The number of aromatic nitrogens is 1. The van der Waals surface area contributed by atoms with Crippen LogP contribution in [0.1, 0.15) is 39.5 Å². The van der Waals surface area contributed by atoms with E-state index in [1.54, 1.807) is 6.20 Å². The molecule has 0 amide bonds. The van der Waals surface area contributed by atoms with Crippen molar-refractivity contribution in [3.05, 3.63) is 37.2 Å². The summed E-state index contributed by atoms with van der Waals surface area (Å²) in [6.07, 6.45) is 5.49. The van der Waals surface area contributed by atoms with Crippen LogP contribution in [-0.2, 0) is 6.54 Å². The lowest BCUT2D eigenvalue weighted by molar-refractivity contribution is -0.386. The lowest BCUT2D eigenvalue weighted by Crippen LogP contribution is -2.34. The molecular formula is C14H21BrN2O3S. The number of hydrogen-bond donors (Lipinski definition) is 1. The first-order chi connectivity index (χ1) is 9.89. The van der Waals surface area contributed by atoms with Gasteiger partial charge in [0.15, 0.2) is 0 Å².